The van der Waals surface area contributed by atoms with Gasteiger partial charge in [0.25, 0.3) is 0 Å². The van der Waals surface area contributed by atoms with Gasteiger partial charge in [0.05, 0.1) is 13.2 Å². The molecule has 3 atom stereocenters. The lowest BCUT2D eigenvalue weighted by Gasteiger charge is -2.30. The molecule has 0 heterocycles. The molecule has 1 aliphatic rings. The standard InChI is InChI=1S/C22H37N3O2S.HI/c1-5-23-22(25-19-10-8-12-21(14-19)28(26)6-2)24-15-18-9-7-11-20(13-18)27-16-17(3)4;/h7,9,11,13,17,19,21H,5-6,8,10,12,14-16H2,1-4H3,(H2,23,24,25);1H. The van der Waals surface area contributed by atoms with Crippen molar-refractivity contribution in [2.75, 3.05) is 18.9 Å². The van der Waals surface area contributed by atoms with Crippen LogP contribution in [0.15, 0.2) is 29.3 Å². The highest BCUT2D eigenvalue weighted by atomic mass is 127. The van der Waals surface area contributed by atoms with Gasteiger partial charge in [0.15, 0.2) is 5.96 Å². The van der Waals surface area contributed by atoms with Crippen molar-refractivity contribution in [3.8, 4) is 5.75 Å². The van der Waals surface area contributed by atoms with Gasteiger partial charge in [-0.3, -0.25) is 4.21 Å². The van der Waals surface area contributed by atoms with E-state index in [1.165, 1.54) is 0 Å². The van der Waals surface area contributed by atoms with E-state index in [9.17, 15) is 4.21 Å². The smallest absolute Gasteiger partial charge is 0.191 e. The summed E-state index contributed by atoms with van der Waals surface area (Å²) in [4.78, 5) is 4.77. The quantitative estimate of drug-likeness (QED) is 0.278. The molecule has 0 aliphatic heterocycles. The second kappa shape index (κ2) is 14.2. The summed E-state index contributed by atoms with van der Waals surface area (Å²) >= 11 is 0. The molecular weight excluding hydrogens is 497 g/mol. The van der Waals surface area contributed by atoms with Crippen LogP contribution in [0, 0.1) is 5.92 Å². The van der Waals surface area contributed by atoms with E-state index >= 15 is 0 Å². The molecule has 0 bridgehead atoms. The maximum atomic E-state index is 12.2. The minimum absolute atomic E-state index is 0. The maximum Gasteiger partial charge on any atom is 0.191 e. The fourth-order valence-electron chi connectivity index (χ4n) is 3.43. The van der Waals surface area contributed by atoms with Crippen LogP contribution in [-0.4, -0.2) is 40.4 Å². The first-order valence-corrected chi connectivity index (χ1v) is 12.0. The van der Waals surface area contributed by atoms with E-state index in [1.54, 1.807) is 0 Å². The molecule has 0 amide bonds. The number of halogens is 1. The number of hydrogen-bond donors (Lipinski definition) is 2. The molecule has 29 heavy (non-hydrogen) atoms. The van der Waals surface area contributed by atoms with Crippen molar-refractivity contribution in [3.63, 3.8) is 0 Å². The second-order valence-corrected chi connectivity index (χ2v) is 9.85. The van der Waals surface area contributed by atoms with Gasteiger partial charge in [0.1, 0.15) is 5.75 Å². The van der Waals surface area contributed by atoms with Gasteiger partial charge in [-0.15, -0.1) is 24.0 Å². The zero-order chi connectivity index (χ0) is 20.4. The summed E-state index contributed by atoms with van der Waals surface area (Å²) in [6, 6.07) is 8.50. The molecule has 0 radical (unpaired) electrons. The van der Waals surface area contributed by atoms with Gasteiger partial charge in [-0.2, -0.15) is 0 Å². The van der Waals surface area contributed by atoms with Crippen LogP contribution >= 0.6 is 24.0 Å². The topological polar surface area (TPSA) is 62.7 Å². The highest BCUT2D eigenvalue weighted by molar-refractivity contribution is 14.0. The van der Waals surface area contributed by atoms with Crippen LogP contribution in [-0.2, 0) is 17.3 Å². The Kier molecular flexibility index (Phi) is 12.9. The van der Waals surface area contributed by atoms with Crippen molar-refractivity contribution in [1.82, 2.24) is 10.6 Å². The lowest BCUT2D eigenvalue weighted by Crippen LogP contribution is -2.46. The van der Waals surface area contributed by atoms with E-state index in [-0.39, 0.29) is 24.0 Å². The van der Waals surface area contributed by atoms with E-state index in [0.29, 0.717) is 23.8 Å². The zero-order valence-electron chi connectivity index (χ0n) is 18.3. The minimum atomic E-state index is -0.709. The minimum Gasteiger partial charge on any atom is -0.493 e. The van der Waals surface area contributed by atoms with Gasteiger partial charge in [0, 0.05) is 34.4 Å². The van der Waals surface area contributed by atoms with Crippen molar-refractivity contribution in [3.05, 3.63) is 29.8 Å². The van der Waals surface area contributed by atoms with Crippen LogP contribution in [0.5, 0.6) is 5.75 Å². The number of rotatable bonds is 9. The van der Waals surface area contributed by atoms with E-state index in [1.807, 2.05) is 19.1 Å². The van der Waals surface area contributed by atoms with Gasteiger partial charge in [-0.1, -0.05) is 39.3 Å². The third kappa shape index (κ3) is 9.68. The third-order valence-corrected chi connectivity index (χ3v) is 6.61. The number of guanidine groups is 1. The molecule has 166 valence electrons. The van der Waals surface area contributed by atoms with Gasteiger partial charge in [0.2, 0.25) is 0 Å². The number of nitrogens with one attached hydrogen (secondary N) is 2. The lowest BCUT2D eigenvalue weighted by molar-refractivity contribution is 0.271. The number of aliphatic imine (C=N–C) groups is 1. The van der Waals surface area contributed by atoms with Gasteiger partial charge in [-0.05, 0) is 49.8 Å². The molecule has 1 saturated carbocycles. The van der Waals surface area contributed by atoms with Gasteiger partial charge >= 0.3 is 0 Å². The number of hydrogen-bond acceptors (Lipinski definition) is 3. The van der Waals surface area contributed by atoms with E-state index < -0.39 is 10.8 Å². The predicted octanol–water partition coefficient (Wildman–Crippen LogP) is 4.47. The van der Waals surface area contributed by atoms with Crippen LogP contribution in [0.1, 0.15) is 58.9 Å². The average molecular weight is 536 g/mol. The Labute approximate surface area is 196 Å². The van der Waals surface area contributed by atoms with Crippen molar-refractivity contribution >= 4 is 40.7 Å². The van der Waals surface area contributed by atoms with Gasteiger partial charge < -0.3 is 15.4 Å². The van der Waals surface area contributed by atoms with Crippen LogP contribution < -0.4 is 15.4 Å². The second-order valence-electron chi connectivity index (χ2n) is 7.85. The largest absolute Gasteiger partial charge is 0.493 e. The van der Waals surface area contributed by atoms with Crippen LogP contribution in [0.25, 0.3) is 0 Å². The molecule has 1 aromatic carbocycles. The molecule has 5 nitrogen and oxygen atoms in total. The molecule has 0 saturated heterocycles. The molecule has 0 spiro atoms. The summed E-state index contributed by atoms with van der Waals surface area (Å²) in [6.07, 6.45) is 4.28. The van der Waals surface area contributed by atoms with Crippen molar-refractivity contribution in [2.45, 2.75) is 71.2 Å². The Morgan fingerprint density at radius 3 is 2.79 bits per heavy atom. The normalized spacial score (nSPS) is 20.7. The zero-order valence-corrected chi connectivity index (χ0v) is 21.4. The molecule has 1 fully saturated rings. The molecule has 1 aliphatic carbocycles. The Bertz CT molecular complexity index is 655. The molecule has 7 heteroatoms. The average Bonchev–Trinajstić information content (AvgIpc) is 2.70. The van der Waals surface area contributed by atoms with Gasteiger partial charge in [-0.25, -0.2) is 4.99 Å². The molecule has 2 N–H and O–H groups in total. The lowest BCUT2D eigenvalue weighted by atomic mass is 9.95. The summed E-state index contributed by atoms with van der Waals surface area (Å²) in [5.74, 6) is 2.99. The maximum absolute atomic E-state index is 12.2. The summed E-state index contributed by atoms with van der Waals surface area (Å²) in [6.45, 7) is 10.5. The monoisotopic (exact) mass is 535 g/mol. The van der Waals surface area contributed by atoms with Crippen molar-refractivity contribution < 1.29 is 8.95 Å². The Hall–Kier alpha value is -0.830. The fourth-order valence-corrected chi connectivity index (χ4v) is 4.78. The molecule has 3 unspecified atom stereocenters. The Balaban J connectivity index is 0.00000420. The molecule has 1 aromatic rings. The summed E-state index contributed by atoms with van der Waals surface area (Å²) in [5.41, 5.74) is 1.13. The summed E-state index contributed by atoms with van der Waals surface area (Å²) in [5, 5.41) is 7.22. The Morgan fingerprint density at radius 1 is 1.31 bits per heavy atom. The highest BCUT2D eigenvalue weighted by Gasteiger charge is 2.26. The number of nitrogens with zero attached hydrogens (tertiary/aromatic N) is 1. The number of benzene rings is 1. The fraction of sp³-hybridized carbons (Fsp3) is 0.682. The molecule has 2 rings (SSSR count). The van der Waals surface area contributed by atoms with Crippen LogP contribution in [0.2, 0.25) is 0 Å². The SMILES string of the molecule is CCNC(=NCc1cccc(OCC(C)C)c1)NC1CCCC(S(=O)CC)C1.I. The van der Waals surface area contributed by atoms with Crippen LogP contribution in [0.3, 0.4) is 0 Å². The molecular formula is C22H38IN3O2S. The van der Waals surface area contributed by atoms with E-state index in [0.717, 1.165) is 61.9 Å². The van der Waals surface area contributed by atoms with E-state index in [4.69, 9.17) is 9.73 Å². The Morgan fingerprint density at radius 2 is 2.10 bits per heavy atom. The van der Waals surface area contributed by atoms with E-state index in [2.05, 4.69) is 43.5 Å². The first kappa shape index (κ1) is 26.2. The van der Waals surface area contributed by atoms with Crippen molar-refractivity contribution in [1.29, 1.82) is 0 Å². The summed E-state index contributed by atoms with van der Waals surface area (Å²) < 4.78 is 18.0. The highest BCUT2D eigenvalue weighted by Crippen LogP contribution is 2.23. The predicted molar refractivity (Wildman–Crippen MR) is 135 cm³/mol. The summed E-state index contributed by atoms with van der Waals surface area (Å²) in [7, 11) is -0.709. The van der Waals surface area contributed by atoms with Crippen LogP contribution in [0.4, 0.5) is 0 Å². The third-order valence-electron chi connectivity index (χ3n) is 4.87. The number of ether oxygens (including phenoxy) is 1. The van der Waals surface area contributed by atoms with Crippen molar-refractivity contribution in [2.24, 2.45) is 10.9 Å². The first-order chi connectivity index (χ1) is 13.5. The molecule has 0 aromatic heterocycles. The first-order valence-electron chi connectivity index (χ1n) is 10.7.